The lowest BCUT2D eigenvalue weighted by Gasteiger charge is -2.01. The fourth-order valence-electron chi connectivity index (χ4n) is 2.72. The fraction of sp³-hybridized carbons (Fsp3) is 0.600. The quantitative estimate of drug-likeness (QED) is 0.145. The zero-order chi connectivity index (χ0) is 18.5. The maximum absolute atomic E-state index is 5.41. The van der Waals surface area contributed by atoms with Gasteiger partial charge in [-0.05, 0) is 31.8 Å². The molecule has 0 heterocycles. The first-order valence-corrected chi connectivity index (χ1v) is 10.9. The summed E-state index contributed by atoms with van der Waals surface area (Å²) in [5, 5.41) is 0. The molecule has 0 amide bonds. The first-order valence-electron chi connectivity index (χ1n) is 10.9. The molecule has 0 bridgehead atoms. The highest BCUT2D eigenvalue weighted by atomic mass is 16.5. The Morgan fingerprint density at radius 1 is 0.615 bits per heavy atom. The number of ether oxygens (including phenoxy) is 1. The molecule has 1 heteroatoms. The second-order valence-electron chi connectivity index (χ2n) is 7.22. The molecule has 0 spiro atoms. The van der Waals surface area contributed by atoms with Crippen LogP contribution in [0.25, 0.3) is 0 Å². The monoisotopic (exact) mass is 356 g/mol. The van der Waals surface area contributed by atoms with E-state index < -0.39 is 0 Å². The molecule has 0 aromatic heterocycles. The zero-order valence-corrected chi connectivity index (χ0v) is 17.0. The van der Waals surface area contributed by atoms with E-state index in [2.05, 4.69) is 37.3 Å². The van der Waals surface area contributed by atoms with Crippen molar-refractivity contribution in [2.75, 3.05) is 0 Å². The summed E-state index contributed by atoms with van der Waals surface area (Å²) < 4.78 is 5.41. The molecule has 1 rings (SSSR count). The summed E-state index contributed by atoms with van der Waals surface area (Å²) in [4.78, 5) is 0. The van der Waals surface area contributed by atoms with Crippen molar-refractivity contribution in [1.29, 1.82) is 0 Å². The Morgan fingerprint density at radius 2 is 1.12 bits per heavy atom. The maximum Gasteiger partial charge on any atom is 0.0981 e. The highest BCUT2D eigenvalue weighted by Gasteiger charge is 2.21. The van der Waals surface area contributed by atoms with E-state index in [0.717, 1.165) is 0 Å². The van der Waals surface area contributed by atoms with E-state index in [4.69, 9.17) is 4.74 Å². The minimum Gasteiger partial charge on any atom is -0.498 e. The van der Waals surface area contributed by atoms with E-state index >= 15 is 0 Å². The fourth-order valence-corrected chi connectivity index (χ4v) is 2.72. The average Bonchev–Trinajstić information content (AvgIpc) is 3.47. The lowest BCUT2D eigenvalue weighted by molar-refractivity contribution is 0.234. The van der Waals surface area contributed by atoms with Crippen LogP contribution in [-0.2, 0) is 4.74 Å². The standard InChI is InChI=1S/C25H40O/c1-2-3-4-5-6-7-8-9-10-11-12-13-14-15-16-17-18-19-20-21-24-26-25-22-23-25/h13-21,24-25H,2-12,22-23H2,1H3. The molecule has 1 nitrogen and oxygen atoms in total. The van der Waals surface area contributed by atoms with E-state index in [1.165, 1.54) is 83.5 Å². The van der Waals surface area contributed by atoms with Gasteiger partial charge < -0.3 is 4.74 Å². The average molecular weight is 357 g/mol. The summed E-state index contributed by atoms with van der Waals surface area (Å²) in [5.74, 6) is 0. The second-order valence-corrected chi connectivity index (χ2v) is 7.22. The molecule has 0 saturated heterocycles. The van der Waals surface area contributed by atoms with E-state index in [9.17, 15) is 0 Å². The third-order valence-corrected chi connectivity index (χ3v) is 4.51. The predicted molar refractivity (Wildman–Crippen MR) is 116 cm³/mol. The summed E-state index contributed by atoms with van der Waals surface area (Å²) in [6.07, 6.45) is 38.6. The molecule has 0 N–H and O–H groups in total. The first-order chi connectivity index (χ1) is 12.9. The van der Waals surface area contributed by atoms with Crippen LogP contribution in [-0.4, -0.2) is 6.10 Å². The summed E-state index contributed by atoms with van der Waals surface area (Å²) >= 11 is 0. The minimum atomic E-state index is 0.491. The van der Waals surface area contributed by atoms with Crippen molar-refractivity contribution in [1.82, 2.24) is 0 Å². The van der Waals surface area contributed by atoms with Gasteiger partial charge in [-0.3, -0.25) is 0 Å². The zero-order valence-electron chi connectivity index (χ0n) is 17.0. The molecule has 146 valence electrons. The van der Waals surface area contributed by atoms with Crippen molar-refractivity contribution in [3.63, 3.8) is 0 Å². The van der Waals surface area contributed by atoms with Crippen LogP contribution in [0.15, 0.2) is 60.9 Å². The Morgan fingerprint density at radius 3 is 1.69 bits per heavy atom. The Kier molecular flexibility index (Phi) is 15.9. The van der Waals surface area contributed by atoms with E-state index in [1.54, 1.807) is 6.26 Å². The minimum absolute atomic E-state index is 0.491. The van der Waals surface area contributed by atoms with Crippen molar-refractivity contribution < 1.29 is 4.74 Å². The molecule has 0 atom stereocenters. The van der Waals surface area contributed by atoms with Crippen LogP contribution in [0.4, 0.5) is 0 Å². The topological polar surface area (TPSA) is 9.23 Å². The van der Waals surface area contributed by atoms with Gasteiger partial charge in [0.1, 0.15) is 0 Å². The molecule has 1 fully saturated rings. The Hall–Kier alpha value is -1.50. The highest BCUT2D eigenvalue weighted by molar-refractivity contribution is 5.17. The van der Waals surface area contributed by atoms with Crippen LogP contribution in [0, 0.1) is 0 Å². The molecule has 1 saturated carbocycles. The molecule has 1 aliphatic rings. The van der Waals surface area contributed by atoms with Crippen molar-refractivity contribution in [3.8, 4) is 0 Å². The van der Waals surface area contributed by atoms with Gasteiger partial charge in [-0.2, -0.15) is 0 Å². The van der Waals surface area contributed by atoms with E-state index in [1.807, 2.05) is 24.3 Å². The summed E-state index contributed by atoms with van der Waals surface area (Å²) in [7, 11) is 0. The smallest absolute Gasteiger partial charge is 0.0981 e. The lowest BCUT2D eigenvalue weighted by Crippen LogP contribution is -1.81. The number of hydrogen-bond donors (Lipinski definition) is 0. The van der Waals surface area contributed by atoms with Crippen LogP contribution in [0.5, 0.6) is 0 Å². The van der Waals surface area contributed by atoms with Gasteiger partial charge >= 0.3 is 0 Å². The van der Waals surface area contributed by atoms with Gasteiger partial charge in [0, 0.05) is 0 Å². The molecule has 0 aliphatic heterocycles. The van der Waals surface area contributed by atoms with Crippen molar-refractivity contribution in [2.24, 2.45) is 0 Å². The molecule has 26 heavy (non-hydrogen) atoms. The Balaban J connectivity index is 1.82. The largest absolute Gasteiger partial charge is 0.498 e. The van der Waals surface area contributed by atoms with Crippen molar-refractivity contribution in [3.05, 3.63) is 60.9 Å². The Bertz CT molecular complexity index is 435. The van der Waals surface area contributed by atoms with Crippen LogP contribution in [0.2, 0.25) is 0 Å². The molecule has 0 aromatic carbocycles. The van der Waals surface area contributed by atoms with Crippen molar-refractivity contribution in [2.45, 2.75) is 96.5 Å². The predicted octanol–water partition coefficient (Wildman–Crippen LogP) is 8.21. The number of hydrogen-bond acceptors (Lipinski definition) is 1. The van der Waals surface area contributed by atoms with Crippen molar-refractivity contribution >= 4 is 0 Å². The third kappa shape index (κ3) is 17.3. The summed E-state index contributed by atoms with van der Waals surface area (Å²) in [6, 6.07) is 0. The SMILES string of the molecule is CCCCCCCCCCCCC=CC=CC=CC=CC=COC1CC1. The van der Waals surface area contributed by atoms with Crippen LogP contribution in [0.3, 0.4) is 0 Å². The summed E-state index contributed by atoms with van der Waals surface area (Å²) in [5.41, 5.74) is 0. The first kappa shape index (κ1) is 22.5. The second kappa shape index (κ2) is 18.3. The van der Waals surface area contributed by atoms with Crippen LogP contribution < -0.4 is 0 Å². The van der Waals surface area contributed by atoms with Crippen LogP contribution in [0.1, 0.15) is 90.4 Å². The molecule has 1 aliphatic carbocycles. The van der Waals surface area contributed by atoms with Gasteiger partial charge in [-0.15, -0.1) is 0 Å². The maximum atomic E-state index is 5.41. The molecule has 0 radical (unpaired) electrons. The highest BCUT2D eigenvalue weighted by Crippen LogP contribution is 2.23. The van der Waals surface area contributed by atoms with Gasteiger partial charge in [-0.1, -0.05) is 113 Å². The number of rotatable bonds is 17. The molecule has 0 unspecified atom stereocenters. The van der Waals surface area contributed by atoms with Gasteiger partial charge in [0.2, 0.25) is 0 Å². The van der Waals surface area contributed by atoms with Gasteiger partial charge in [0.25, 0.3) is 0 Å². The molecule has 0 aromatic rings. The number of allylic oxidation sites excluding steroid dienone is 9. The summed E-state index contributed by atoms with van der Waals surface area (Å²) in [6.45, 7) is 2.28. The van der Waals surface area contributed by atoms with E-state index in [0.29, 0.717) is 6.10 Å². The normalized spacial score (nSPS) is 15.6. The molecular weight excluding hydrogens is 316 g/mol. The van der Waals surface area contributed by atoms with Gasteiger partial charge in [0.15, 0.2) is 0 Å². The third-order valence-electron chi connectivity index (χ3n) is 4.51. The lowest BCUT2D eigenvalue weighted by atomic mass is 10.1. The Labute approximate surface area is 162 Å². The van der Waals surface area contributed by atoms with Crippen LogP contribution >= 0.6 is 0 Å². The van der Waals surface area contributed by atoms with Gasteiger partial charge in [-0.25, -0.2) is 0 Å². The van der Waals surface area contributed by atoms with E-state index in [-0.39, 0.29) is 0 Å². The number of unbranched alkanes of at least 4 members (excludes halogenated alkanes) is 10. The van der Waals surface area contributed by atoms with Gasteiger partial charge in [0.05, 0.1) is 12.4 Å². The molecular formula is C25H40O.